The third-order valence-electron chi connectivity index (χ3n) is 6.22. The van der Waals surface area contributed by atoms with Crippen molar-refractivity contribution in [3.05, 3.63) is 48.5 Å². The molecule has 1 atom stereocenters. The molecule has 1 saturated heterocycles. The fourth-order valence-electron chi connectivity index (χ4n) is 4.61. The van der Waals surface area contributed by atoms with Gasteiger partial charge in [0, 0.05) is 18.3 Å². The zero-order valence-electron chi connectivity index (χ0n) is 16.7. The second-order valence-corrected chi connectivity index (χ2v) is 8.07. The van der Waals surface area contributed by atoms with Crippen molar-refractivity contribution in [3.63, 3.8) is 0 Å². The molecule has 0 spiro atoms. The predicted molar refractivity (Wildman–Crippen MR) is 114 cm³/mol. The number of methoxy groups -OCH3 is 1. The molecule has 1 aliphatic heterocycles. The third kappa shape index (κ3) is 4.39. The molecule has 1 aliphatic carbocycles. The highest BCUT2D eigenvalue weighted by molar-refractivity contribution is 5.93. The Morgan fingerprint density at radius 1 is 1.00 bits per heavy atom. The fraction of sp³-hybridized carbons (Fsp3) is 0.458. The van der Waals surface area contributed by atoms with Gasteiger partial charge in [-0.25, -0.2) is 0 Å². The number of amides is 1. The number of nitrogens with one attached hydrogen (secondary N) is 1. The molecule has 2 aliphatic rings. The second kappa shape index (κ2) is 8.78. The van der Waals surface area contributed by atoms with Crippen LogP contribution in [0.4, 0.5) is 5.69 Å². The number of anilines is 1. The van der Waals surface area contributed by atoms with Crippen molar-refractivity contribution in [2.75, 3.05) is 25.5 Å². The summed E-state index contributed by atoms with van der Waals surface area (Å²) in [4.78, 5) is 15.4. The molecule has 0 bridgehead atoms. The van der Waals surface area contributed by atoms with Crippen LogP contribution in [0.1, 0.15) is 38.5 Å². The van der Waals surface area contributed by atoms with E-state index in [0.29, 0.717) is 6.04 Å². The van der Waals surface area contributed by atoms with Gasteiger partial charge < -0.3 is 10.1 Å². The van der Waals surface area contributed by atoms with Gasteiger partial charge in [0.05, 0.1) is 13.0 Å². The smallest absolute Gasteiger partial charge is 0.228 e. The lowest BCUT2D eigenvalue weighted by Gasteiger charge is -2.36. The standard InChI is InChI=1S/C24H30N2O2/c1-28-23-10-4-6-19(16-23)18-11-13-21(14-12-18)25-24(27)20-7-5-15-26(17-20)22-8-2-3-9-22/h4,6,10-14,16,20,22H,2-3,5,7-9,15,17H2,1H3,(H,25,27)/t20-/m0/s1. The van der Waals surface area contributed by atoms with E-state index in [-0.39, 0.29) is 11.8 Å². The molecule has 2 aromatic rings. The largest absolute Gasteiger partial charge is 0.497 e. The molecular formula is C24H30N2O2. The zero-order valence-corrected chi connectivity index (χ0v) is 16.7. The SMILES string of the molecule is COc1cccc(-c2ccc(NC(=O)[C@H]3CCCN(C4CCCC4)C3)cc2)c1. The Kier molecular flexibility index (Phi) is 5.96. The van der Waals surface area contributed by atoms with Crippen LogP contribution in [0.15, 0.2) is 48.5 Å². The van der Waals surface area contributed by atoms with Crippen LogP contribution in [0.2, 0.25) is 0 Å². The number of hydrogen-bond acceptors (Lipinski definition) is 3. The van der Waals surface area contributed by atoms with E-state index in [9.17, 15) is 4.79 Å². The second-order valence-electron chi connectivity index (χ2n) is 8.07. The molecule has 28 heavy (non-hydrogen) atoms. The van der Waals surface area contributed by atoms with Crippen molar-refractivity contribution in [2.24, 2.45) is 5.92 Å². The molecule has 1 N–H and O–H groups in total. The molecular weight excluding hydrogens is 348 g/mol. The van der Waals surface area contributed by atoms with Gasteiger partial charge in [-0.05, 0) is 67.6 Å². The number of benzene rings is 2. The molecule has 4 nitrogen and oxygen atoms in total. The van der Waals surface area contributed by atoms with Crippen molar-refractivity contribution in [1.82, 2.24) is 4.90 Å². The van der Waals surface area contributed by atoms with E-state index in [1.807, 2.05) is 30.3 Å². The predicted octanol–water partition coefficient (Wildman–Crippen LogP) is 4.96. The lowest BCUT2D eigenvalue weighted by Crippen LogP contribution is -2.44. The van der Waals surface area contributed by atoms with Crippen molar-refractivity contribution in [2.45, 2.75) is 44.6 Å². The lowest BCUT2D eigenvalue weighted by molar-refractivity contribution is -0.121. The van der Waals surface area contributed by atoms with Crippen LogP contribution in [-0.4, -0.2) is 37.0 Å². The number of ether oxygens (including phenoxy) is 1. The van der Waals surface area contributed by atoms with E-state index in [1.165, 1.54) is 25.7 Å². The highest BCUT2D eigenvalue weighted by Crippen LogP contribution is 2.29. The Morgan fingerprint density at radius 3 is 2.54 bits per heavy atom. The number of carbonyl (C=O) groups excluding carboxylic acids is 1. The molecule has 4 heteroatoms. The maximum atomic E-state index is 12.8. The molecule has 0 unspecified atom stereocenters. The van der Waals surface area contributed by atoms with E-state index in [4.69, 9.17) is 4.74 Å². The van der Waals surface area contributed by atoms with Gasteiger partial charge in [0.15, 0.2) is 0 Å². The monoisotopic (exact) mass is 378 g/mol. The Labute approximate surface area is 167 Å². The topological polar surface area (TPSA) is 41.6 Å². The Morgan fingerprint density at radius 2 is 1.79 bits per heavy atom. The summed E-state index contributed by atoms with van der Waals surface area (Å²) in [5, 5.41) is 3.13. The normalized spacial score (nSPS) is 20.8. The molecule has 1 heterocycles. The first-order valence-corrected chi connectivity index (χ1v) is 10.5. The summed E-state index contributed by atoms with van der Waals surface area (Å²) in [6.07, 6.45) is 7.43. The number of nitrogens with zero attached hydrogens (tertiary/aromatic N) is 1. The van der Waals surface area contributed by atoms with E-state index in [0.717, 1.165) is 48.5 Å². The summed E-state index contributed by atoms with van der Waals surface area (Å²) in [7, 11) is 1.68. The van der Waals surface area contributed by atoms with Gasteiger partial charge in [-0.2, -0.15) is 0 Å². The van der Waals surface area contributed by atoms with E-state index >= 15 is 0 Å². The highest BCUT2D eigenvalue weighted by atomic mass is 16.5. The Bertz CT molecular complexity index is 797. The van der Waals surface area contributed by atoms with Gasteiger partial charge in [-0.15, -0.1) is 0 Å². The van der Waals surface area contributed by atoms with Gasteiger partial charge >= 0.3 is 0 Å². The molecule has 1 amide bonds. The summed E-state index contributed by atoms with van der Waals surface area (Å²) in [5.41, 5.74) is 3.09. The third-order valence-corrected chi connectivity index (χ3v) is 6.22. The first-order valence-electron chi connectivity index (χ1n) is 10.5. The fourth-order valence-corrected chi connectivity index (χ4v) is 4.61. The first kappa shape index (κ1) is 19.0. The Balaban J connectivity index is 1.37. The van der Waals surface area contributed by atoms with Crippen LogP contribution in [0.25, 0.3) is 11.1 Å². The van der Waals surface area contributed by atoms with Crippen molar-refractivity contribution in [3.8, 4) is 16.9 Å². The van der Waals surface area contributed by atoms with E-state index in [1.54, 1.807) is 7.11 Å². The van der Waals surface area contributed by atoms with Crippen LogP contribution >= 0.6 is 0 Å². The summed E-state index contributed by atoms with van der Waals surface area (Å²) >= 11 is 0. The van der Waals surface area contributed by atoms with E-state index < -0.39 is 0 Å². The zero-order chi connectivity index (χ0) is 19.3. The van der Waals surface area contributed by atoms with Gasteiger partial charge in [-0.1, -0.05) is 37.1 Å². The van der Waals surface area contributed by atoms with Gasteiger partial charge in [0.2, 0.25) is 5.91 Å². The minimum atomic E-state index is 0.104. The van der Waals surface area contributed by atoms with Crippen LogP contribution < -0.4 is 10.1 Å². The number of piperidine rings is 1. The maximum absolute atomic E-state index is 12.8. The molecule has 148 valence electrons. The van der Waals surface area contributed by atoms with Gasteiger partial charge in [0.25, 0.3) is 0 Å². The number of rotatable bonds is 5. The molecule has 2 aromatic carbocycles. The molecule has 0 radical (unpaired) electrons. The number of carbonyl (C=O) groups is 1. The Hall–Kier alpha value is -2.33. The molecule has 1 saturated carbocycles. The molecule has 4 rings (SSSR count). The van der Waals surface area contributed by atoms with Crippen molar-refractivity contribution >= 4 is 11.6 Å². The summed E-state index contributed by atoms with van der Waals surface area (Å²) in [5.74, 6) is 1.11. The number of hydrogen-bond donors (Lipinski definition) is 1. The van der Waals surface area contributed by atoms with Crippen LogP contribution in [0.5, 0.6) is 5.75 Å². The minimum absolute atomic E-state index is 0.104. The molecule has 0 aromatic heterocycles. The van der Waals surface area contributed by atoms with Crippen LogP contribution in [0.3, 0.4) is 0 Å². The molecule has 2 fully saturated rings. The summed E-state index contributed by atoms with van der Waals surface area (Å²) in [6.45, 7) is 2.07. The van der Waals surface area contributed by atoms with Crippen LogP contribution in [-0.2, 0) is 4.79 Å². The average molecular weight is 379 g/mol. The maximum Gasteiger partial charge on any atom is 0.228 e. The lowest BCUT2D eigenvalue weighted by atomic mass is 9.95. The van der Waals surface area contributed by atoms with Crippen LogP contribution in [0, 0.1) is 5.92 Å². The van der Waals surface area contributed by atoms with Gasteiger partial charge in [0.1, 0.15) is 5.75 Å². The summed E-state index contributed by atoms with van der Waals surface area (Å²) < 4.78 is 5.30. The minimum Gasteiger partial charge on any atom is -0.497 e. The highest BCUT2D eigenvalue weighted by Gasteiger charge is 2.31. The first-order chi connectivity index (χ1) is 13.7. The van der Waals surface area contributed by atoms with Crippen molar-refractivity contribution in [1.29, 1.82) is 0 Å². The quantitative estimate of drug-likeness (QED) is 0.800. The van der Waals surface area contributed by atoms with Crippen molar-refractivity contribution < 1.29 is 9.53 Å². The van der Waals surface area contributed by atoms with E-state index in [2.05, 4.69) is 28.4 Å². The van der Waals surface area contributed by atoms with Gasteiger partial charge in [-0.3, -0.25) is 9.69 Å². The average Bonchev–Trinajstić information content (AvgIpc) is 3.29. The number of likely N-dealkylation sites (tertiary alicyclic amines) is 1. The summed E-state index contributed by atoms with van der Waals surface area (Å²) in [6, 6.07) is 16.8.